The Bertz CT molecular complexity index is 204. The number of likely N-dealkylation sites (tertiary alicyclic amines) is 1. The van der Waals surface area contributed by atoms with Crippen LogP contribution in [0.15, 0.2) is 0 Å². The number of ether oxygens (including phenoxy) is 1. The second-order valence-electron chi connectivity index (χ2n) is 5.37. The van der Waals surface area contributed by atoms with Crippen LogP contribution in [0.1, 0.15) is 38.5 Å². The van der Waals surface area contributed by atoms with Gasteiger partial charge in [0, 0.05) is 26.7 Å². The first-order valence-electron chi connectivity index (χ1n) is 6.73. The summed E-state index contributed by atoms with van der Waals surface area (Å²) in [6.07, 6.45) is 7.82. The molecular formula is C13H25NO2. The third-order valence-corrected chi connectivity index (χ3v) is 4.20. The van der Waals surface area contributed by atoms with Crippen LogP contribution in [0.2, 0.25) is 0 Å². The molecule has 1 N–H and O–H groups in total. The van der Waals surface area contributed by atoms with Gasteiger partial charge in [-0.05, 0) is 25.2 Å². The van der Waals surface area contributed by atoms with E-state index in [0.29, 0.717) is 12.0 Å². The quantitative estimate of drug-likeness (QED) is 0.792. The molecule has 1 heterocycles. The molecular weight excluding hydrogens is 202 g/mol. The summed E-state index contributed by atoms with van der Waals surface area (Å²) in [6, 6.07) is 0. The van der Waals surface area contributed by atoms with E-state index in [1.165, 1.54) is 32.1 Å². The Balaban J connectivity index is 1.72. The second kappa shape index (κ2) is 5.99. The van der Waals surface area contributed by atoms with Gasteiger partial charge in [0.2, 0.25) is 0 Å². The van der Waals surface area contributed by atoms with E-state index in [1.54, 1.807) is 7.11 Å². The van der Waals surface area contributed by atoms with Crippen molar-refractivity contribution in [1.29, 1.82) is 0 Å². The number of rotatable bonds is 4. The average molecular weight is 227 g/mol. The lowest BCUT2D eigenvalue weighted by molar-refractivity contribution is 0.0465. The first-order valence-corrected chi connectivity index (χ1v) is 6.73. The molecule has 0 aromatic carbocycles. The van der Waals surface area contributed by atoms with Crippen LogP contribution >= 0.6 is 0 Å². The minimum Gasteiger partial charge on any atom is -0.392 e. The standard InChI is InChI=1S/C13H25NO2/c1-16-12-7-8-14(9-12)10-13(15)11-5-3-2-4-6-11/h11-13,15H,2-10H2,1H3. The van der Waals surface area contributed by atoms with Gasteiger partial charge in [-0.15, -0.1) is 0 Å². The Morgan fingerprint density at radius 1 is 1.25 bits per heavy atom. The number of β-amino-alcohol motifs (C(OH)–C–C–N with tert-alkyl or cyclic N) is 1. The molecule has 0 spiro atoms. The molecule has 2 fully saturated rings. The van der Waals surface area contributed by atoms with Crippen LogP contribution in [0, 0.1) is 5.92 Å². The Labute approximate surface area is 98.8 Å². The lowest BCUT2D eigenvalue weighted by Gasteiger charge is -2.29. The van der Waals surface area contributed by atoms with Crippen molar-refractivity contribution in [3.05, 3.63) is 0 Å². The molecule has 1 aliphatic carbocycles. The number of aliphatic hydroxyl groups excluding tert-OH is 1. The van der Waals surface area contributed by atoms with Crippen molar-refractivity contribution in [3.63, 3.8) is 0 Å². The lowest BCUT2D eigenvalue weighted by Crippen LogP contribution is -2.36. The number of hydrogen-bond donors (Lipinski definition) is 1. The molecule has 2 rings (SSSR count). The van der Waals surface area contributed by atoms with Crippen molar-refractivity contribution in [1.82, 2.24) is 4.90 Å². The summed E-state index contributed by atoms with van der Waals surface area (Å²) in [4.78, 5) is 2.35. The molecule has 0 aromatic heterocycles. The van der Waals surface area contributed by atoms with Crippen LogP contribution in [0.5, 0.6) is 0 Å². The molecule has 3 heteroatoms. The van der Waals surface area contributed by atoms with E-state index in [-0.39, 0.29) is 6.10 Å². The first kappa shape index (κ1) is 12.3. The highest BCUT2D eigenvalue weighted by atomic mass is 16.5. The van der Waals surface area contributed by atoms with Crippen molar-refractivity contribution < 1.29 is 9.84 Å². The van der Waals surface area contributed by atoms with E-state index >= 15 is 0 Å². The summed E-state index contributed by atoms with van der Waals surface area (Å²) >= 11 is 0. The zero-order chi connectivity index (χ0) is 11.4. The largest absolute Gasteiger partial charge is 0.392 e. The maximum absolute atomic E-state index is 10.2. The van der Waals surface area contributed by atoms with Crippen LogP contribution in [0.25, 0.3) is 0 Å². The molecule has 1 saturated heterocycles. The van der Waals surface area contributed by atoms with Gasteiger partial charge >= 0.3 is 0 Å². The van der Waals surface area contributed by atoms with Crippen molar-refractivity contribution in [2.24, 2.45) is 5.92 Å². The van der Waals surface area contributed by atoms with Gasteiger partial charge in [0.15, 0.2) is 0 Å². The molecule has 0 aromatic rings. The van der Waals surface area contributed by atoms with Crippen molar-refractivity contribution >= 4 is 0 Å². The van der Waals surface area contributed by atoms with Gasteiger partial charge in [-0.1, -0.05) is 19.3 Å². The zero-order valence-corrected chi connectivity index (χ0v) is 10.4. The Hall–Kier alpha value is -0.120. The lowest BCUT2D eigenvalue weighted by atomic mass is 9.85. The first-order chi connectivity index (χ1) is 7.79. The predicted molar refractivity (Wildman–Crippen MR) is 64.4 cm³/mol. The van der Waals surface area contributed by atoms with E-state index in [4.69, 9.17) is 4.74 Å². The third-order valence-electron chi connectivity index (χ3n) is 4.20. The summed E-state index contributed by atoms with van der Waals surface area (Å²) < 4.78 is 5.35. The molecule has 1 aliphatic heterocycles. The van der Waals surface area contributed by atoms with E-state index in [2.05, 4.69) is 4.90 Å². The molecule has 0 bridgehead atoms. The van der Waals surface area contributed by atoms with Crippen LogP contribution in [-0.2, 0) is 4.74 Å². The van der Waals surface area contributed by atoms with Gasteiger partial charge in [0.05, 0.1) is 12.2 Å². The van der Waals surface area contributed by atoms with Crippen LogP contribution in [0.4, 0.5) is 0 Å². The number of nitrogens with zero attached hydrogens (tertiary/aromatic N) is 1. The summed E-state index contributed by atoms with van der Waals surface area (Å²) in [6.45, 7) is 2.94. The van der Waals surface area contributed by atoms with Gasteiger partial charge in [0.1, 0.15) is 0 Å². The molecule has 16 heavy (non-hydrogen) atoms. The molecule has 94 valence electrons. The predicted octanol–water partition coefficient (Wildman–Crippen LogP) is 1.65. The molecule has 2 unspecified atom stereocenters. The summed E-state index contributed by atoms with van der Waals surface area (Å²) in [5.41, 5.74) is 0. The maximum atomic E-state index is 10.2. The number of methoxy groups -OCH3 is 1. The highest BCUT2D eigenvalue weighted by Crippen LogP contribution is 2.27. The van der Waals surface area contributed by atoms with Crippen LogP contribution in [-0.4, -0.2) is 49.0 Å². The summed E-state index contributed by atoms with van der Waals surface area (Å²) in [5, 5.41) is 10.2. The van der Waals surface area contributed by atoms with Crippen LogP contribution < -0.4 is 0 Å². The second-order valence-corrected chi connectivity index (χ2v) is 5.37. The Morgan fingerprint density at radius 2 is 2.00 bits per heavy atom. The number of aliphatic hydroxyl groups is 1. The van der Waals surface area contributed by atoms with E-state index in [0.717, 1.165) is 26.1 Å². The molecule has 2 aliphatic rings. The fourth-order valence-corrected chi connectivity index (χ4v) is 3.09. The molecule has 1 saturated carbocycles. The maximum Gasteiger partial charge on any atom is 0.0710 e. The summed E-state index contributed by atoms with van der Waals surface area (Å²) in [7, 11) is 1.78. The van der Waals surface area contributed by atoms with Crippen molar-refractivity contribution in [2.45, 2.75) is 50.7 Å². The van der Waals surface area contributed by atoms with Gasteiger partial charge in [-0.25, -0.2) is 0 Å². The average Bonchev–Trinajstić information content (AvgIpc) is 2.78. The smallest absolute Gasteiger partial charge is 0.0710 e. The minimum atomic E-state index is -0.115. The van der Waals surface area contributed by atoms with E-state index in [1.807, 2.05) is 0 Å². The van der Waals surface area contributed by atoms with Gasteiger partial charge in [-0.2, -0.15) is 0 Å². The normalized spacial score (nSPS) is 30.8. The highest BCUT2D eigenvalue weighted by Gasteiger charge is 2.27. The van der Waals surface area contributed by atoms with Crippen molar-refractivity contribution in [3.8, 4) is 0 Å². The monoisotopic (exact) mass is 227 g/mol. The summed E-state index contributed by atoms with van der Waals surface area (Å²) in [5.74, 6) is 0.551. The molecule has 2 atom stereocenters. The third kappa shape index (κ3) is 3.19. The topological polar surface area (TPSA) is 32.7 Å². The SMILES string of the molecule is COC1CCN(CC(O)C2CCCCC2)C1. The van der Waals surface area contributed by atoms with E-state index in [9.17, 15) is 5.11 Å². The Kier molecular flexibility index (Phi) is 4.62. The van der Waals surface area contributed by atoms with E-state index < -0.39 is 0 Å². The Morgan fingerprint density at radius 3 is 2.62 bits per heavy atom. The van der Waals surface area contributed by atoms with Gasteiger partial charge in [-0.3, -0.25) is 4.90 Å². The van der Waals surface area contributed by atoms with Crippen LogP contribution in [0.3, 0.4) is 0 Å². The minimum absolute atomic E-state index is 0.115. The molecule has 0 amide bonds. The molecule has 3 nitrogen and oxygen atoms in total. The zero-order valence-electron chi connectivity index (χ0n) is 10.4. The number of hydrogen-bond acceptors (Lipinski definition) is 3. The van der Waals surface area contributed by atoms with Crippen molar-refractivity contribution in [2.75, 3.05) is 26.7 Å². The van der Waals surface area contributed by atoms with Gasteiger partial charge < -0.3 is 9.84 Å². The fourth-order valence-electron chi connectivity index (χ4n) is 3.09. The molecule has 0 radical (unpaired) electrons. The highest BCUT2D eigenvalue weighted by molar-refractivity contribution is 4.81. The van der Waals surface area contributed by atoms with Gasteiger partial charge in [0.25, 0.3) is 0 Å². The fraction of sp³-hybridized carbons (Fsp3) is 1.00.